The van der Waals surface area contributed by atoms with Crippen LogP contribution in [0.3, 0.4) is 0 Å². The van der Waals surface area contributed by atoms with E-state index in [0.29, 0.717) is 18.4 Å². The molecule has 1 aromatic rings. The second-order valence-corrected chi connectivity index (χ2v) is 10.6. The summed E-state index contributed by atoms with van der Waals surface area (Å²) in [6.45, 7) is 13.7. The van der Waals surface area contributed by atoms with Crippen molar-refractivity contribution in [3.8, 4) is 0 Å². The minimum absolute atomic E-state index is 0.231. The Morgan fingerprint density at radius 3 is 1.76 bits per heavy atom. The summed E-state index contributed by atoms with van der Waals surface area (Å²) in [5.41, 5.74) is 1.54. The van der Waals surface area contributed by atoms with Crippen LogP contribution in [0.5, 0.6) is 0 Å². The van der Waals surface area contributed by atoms with E-state index in [-0.39, 0.29) is 11.5 Å². The first-order chi connectivity index (χ1) is 16.3. The Balaban J connectivity index is 0.000000646. The van der Waals surface area contributed by atoms with Gasteiger partial charge >= 0.3 is 0 Å². The number of unbranched alkanes of at least 4 members (excludes halogenated alkanes) is 1. The van der Waals surface area contributed by atoms with Gasteiger partial charge in [-0.05, 0) is 43.1 Å². The highest BCUT2D eigenvalue weighted by atomic mass is 16.5. The van der Waals surface area contributed by atoms with Gasteiger partial charge in [0.05, 0.1) is 25.9 Å². The van der Waals surface area contributed by atoms with E-state index in [1.807, 2.05) is 6.07 Å². The summed E-state index contributed by atoms with van der Waals surface area (Å²) in [4.78, 5) is 0. The molecule has 2 atom stereocenters. The van der Waals surface area contributed by atoms with Crippen molar-refractivity contribution in [3.05, 3.63) is 35.9 Å². The smallest absolute Gasteiger partial charge is 0.0662 e. The standard InChI is InChI=1S/C16H26O2.C14H30O2/c1-13(2)10-11-16(18-4)15(12-17-3)14-8-6-5-7-9-14;1-6-7-9-14(11-15-4,12-16-5)10-8-13(2)3/h5-9,13,15-16H,10-12H2,1-4H3;13H,6-12H2,1-5H3. The molecule has 4 nitrogen and oxygen atoms in total. The fourth-order valence-electron chi connectivity index (χ4n) is 4.49. The van der Waals surface area contributed by atoms with Gasteiger partial charge in [0.1, 0.15) is 0 Å². The summed E-state index contributed by atoms with van der Waals surface area (Å²) < 4.78 is 21.9. The quantitative estimate of drug-likeness (QED) is 0.215. The van der Waals surface area contributed by atoms with E-state index in [4.69, 9.17) is 18.9 Å². The van der Waals surface area contributed by atoms with Crippen molar-refractivity contribution in [2.45, 2.75) is 91.6 Å². The lowest BCUT2D eigenvalue weighted by atomic mass is 9.78. The molecule has 0 amide bonds. The molecule has 0 heterocycles. The molecule has 4 heteroatoms. The number of methoxy groups -OCH3 is 4. The summed E-state index contributed by atoms with van der Waals surface area (Å²) in [5, 5.41) is 0. The summed E-state index contributed by atoms with van der Waals surface area (Å²) in [6.07, 6.45) is 8.71. The molecule has 0 fully saturated rings. The predicted molar refractivity (Wildman–Crippen MR) is 146 cm³/mol. The second-order valence-electron chi connectivity index (χ2n) is 10.6. The minimum atomic E-state index is 0.231. The maximum atomic E-state index is 5.69. The number of rotatable bonds is 18. The summed E-state index contributed by atoms with van der Waals surface area (Å²) in [5.74, 6) is 1.79. The fraction of sp³-hybridized carbons (Fsp3) is 0.800. The van der Waals surface area contributed by atoms with E-state index in [0.717, 1.165) is 25.6 Å². The molecule has 200 valence electrons. The Morgan fingerprint density at radius 2 is 1.32 bits per heavy atom. The normalized spacial score (nSPS) is 13.6. The number of benzene rings is 1. The molecule has 0 N–H and O–H groups in total. The van der Waals surface area contributed by atoms with Crippen LogP contribution in [0.25, 0.3) is 0 Å². The molecule has 0 bridgehead atoms. The van der Waals surface area contributed by atoms with Crippen LogP contribution in [0.1, 0.15) is 91.0 Å². The molecule has 0 aromatic heterocycles. The maximum Gasteiger partial charge on any atom is 0.0662 e. The summed E-state index contributed by atoms with van der Waals surface area (Å²) in [7, 11) is 7.15. The van der Waals surface area contributed by atoms with Gasteiger partial charge in [-0.15, -0.1) is 0 Å². The molecular formula is C30H56O4. The predicted octanol–water partition coefficient (Wildman–Crippen LogP) is 7.76. The molecular weight excluding hydrogens is 424 g/mol. The Bertz CT molecular complexity index is 552. The van der Waals surface area contributed by atoms with Gasteiger partial charge in [0.25, 0.3) is 0 Å². The monoisotopic (exact) mass is 480 g/mol. The Kier molecular flexibility index (Phi) is 19.7. The Morgan fingerprint density at radius 1 is 0.735 bits per heavy atom. The zero-order valence-corrected chi connectivity index (χ0v) is 23.9. The van der Waals surface area contributed by atoms with Gasteiger partial charge in [0.15, 0.2) is 0 Å². The van der Waals surface area contributed by atoms with Crippen LogP contribution < -0.4 is 0 Å². The van der Waals surface area contributed by atoms with Crippen LogP contribution >= 0.6 is 0 Å². The van der Waals surface area contributed by atoms with Gasteiger partial charge < -0.3 is 18.9 Å². The topological polar surface area (TPSA) is 36.9 Å². The van der Waals surface area contributed by atoms with Crippen molar-refractivity contribution >= 4 is 0 Å². The molecule has 1 rings (SSSR count). The van der Waals surface area contributed by atoms with Gasteiger partial charge in [-0.2, -0.15) is 0 Å². The van der Waals surface area contributed by atoms with Crippen LogP contribution in [-0.4, -0.2) is 54.4 Å². The van der Waals surface area contributed by atoms with Crippen molar-refractivity contribution in [1.29, 1.82) is 0 Å². The van der Waals surface area contributed by atoms with Gasteiger partial charge in [0, 0.05) is 39.8 Å². The van der Waals surface area contributed by atoms with Gasteiger partial charge in [-0.1, -0.05) is 84.2 Å². The average molecular weight is 481 g/mol. The molecule has 2 unspecified atom stereocenters. The highest BCUT2D eigenvalue weighted by Gasteiger charge is 2.29. The van der Waals surface area contributed by atoms with Crippen molar-refractivity contribution < 1.29 is 18.9 Å². The van der Waals surface area contributed by atoms with E-state index < -0.39 is 0 Å². The molecule has 34 heavy (non-hydrogen) atoms. The number of ether oxygens (including phenoxy) is 4. The lowest BCUT2D eigenvalue weighted by Crippen LogP contribution is -2.32. The van der Waals surface area contributed by atoms with Crippen LogP contribution in [0.2, 0.25) is 0 Å². The summed E-state index contributed by atoms with van der Waals surface area (Å²) >= 11 is 0. The first kappa shape index (κ1) is 33.1. The van der Waals surface area contributed by atoms with Crippen molar-refractivity contribution in [3.63, 3.8) is 0 Å². The molecule has 0 saturated heterocycles. The van der Waals surface area contributed by atoms with Crippen molar-refractivity contribution in [1.82, 2.24) is 0 Å². The second kappa shape index (κ2) is 20.3. The van der Waals surface area contributed by atoms with Crippen LogP contribution in [0.4, 0.5) is 0 Å². The first-order valence-electron chi connectivity index (χ1n) is 13.3. The lowest BCUT2D eigenvalue weighted by Gasteiger charge is -2.33. The average Bonchev–Trinajstić information content (AvgIpc) is 2.82. The van der Waals surface area contributed by atoms with Gasteiger partial charge in [-0.25, -0.2) is 0 Å². The molecule has 0 aliphatic heterocycles. The molecule has 0 aliphatic rings. The molecule has 0 spiro atoms. The van der Waals surface area contributed by atoms with E-state index in [9.17, 15) is 0 Å². The zero-order chi connectivity index (χ0) is 25.8. The zero-order valence-electron chi connectivity index (χ0n) is 23.9. The molecule has 0 radical (unpaired) electrons. The fourth-order valence-corrected chi connectivity index (χ4v) is 4.49. The highest BCUT2D eigenvalue weighted by molar-refractivity contribution is 5.21. The van der Waals surface area contributed by atoms with Crippen LogP contribution in [0, 0.1) is 17.3 Å². The number of hydrogen-bond donors (Lipinski definition) is 0. The summed E-state index contributed by atoms with van der Waals surface area (Å²) in [6, 6.07) is 10.5. The van der Waals surface area contributed by atoms with Gasteiger partial charge in [-0.3, -0.25) is 0 Å². The van der Waals surface area contributed by atoms with Crippen LogP contribution in [-0.2, 0) is 18.9 Å². The van der Waals surface area contributed by atoms with Gasteiger partial charge in [0.2, 0.25) is 0 Å². The largest absolute Gasteiger partial charge is 0.384 e. The number of hydrogen-bond acceptors (Lipinski definition) is 4. The molecule has 1 aromatic carbocycles. The third-order valence-corrected chi connectivity index (χ3v) is 6.57. The maximum absolute atomic E-state index is 5.69. The van der Waals surface area contributed by atoms with E-state index in [2.05, 4.69) is 58.9 Å². The van der Waals surface area contributed by atoms with E-state index in [1.165, 1.54) is 44.1 Å². The SMILES string of the molecule is CCCCC(CCC(C)C)(COC)COC.COCC(c1ccccc1)C(CCC(C)C)OC. The Hall–Kier alpha value is -0.940. The minimum Gasteiger partial charge on any atom is -0.384 e. The third kappa shape index (κ3) is 14.5. The molecule has 0 saturated carbocycles. The lowest BCUT2D eigenvalue weighted by molar-refractivity contribution is -0.00572. The molecule has 0 aliphatic carbocycles. The first-order valence-corrected chi connectivity index (χ1v) is 13.3. The van der Waals surface area contributed by atoms with Crippen LogP contribution in [0.15, 0.2) is 30.3 Å². The van der Waals surface area contributed by atoms with E-state index in [1.54, 1.807) is 28.4 Å². The highest BCUT2D eigenvalue weighted by Crippen LogP contribution is 2.33. The third-order valence-electron chi connectivity index (χ3n) is 6.57. The van der Waals surface area contributed by atoms with E-state index >= 15 is 0 Å². The van der Waals surface area contributed by atoms with Crippen molar-refractivity contribution in [2.75, 3.05) is 48.3 Å². The van der Waals surface area contributed by atoms with Crippen molar-refractivity contribution in [2.24, 2.45) is 17.3 Å². The Labute approximate surface area is 212 Å².